The molecule has 0 aliphatic carbocycles. The molecule has 21 heavy (non-hydrogen) atoms. The SMILES string of the molecule is CC(C)CC(=O)N1CCC2(CCN(CC(C)C)CC2)CC1. The molecule has 0 aromatic heterocycles. The van der Waals surface area contributed by atoms with Crippen LogP contribution in [0.2, 0.25) is 0 Å². The highest BCUT2D eigenvalue weighted by Gasteiger charge is 2.38. The number of carbonyl (C=O) groups is 1. The maximum atomic E-state index is 12.2. The first-order chi connectivity index (χ1) is 9.90. The average Bonchev–Trinajstić information content (AvgIpc) is 2.41. The minimum atomic E-state index is 0.372. The van der Waals surface area contributed by atoms with E-state index < -0.39 is 0 Å². The molecule has 2 aliphatic heterocycles. The van der Waals surface area contributed by atoms with Gasteiger partial charge >= 0.3 is 0 Å². The largest absolute Gasteiger partial charge is 0.343 e. The van der Waals surface area contributed by atoms with Gasteiger partial charge in [-0.15, -0.1) is 0 Å². The number of carbonyl (C=O) groups excluding carboxylic acids is 1. The molecule has 0 aromatic rings. The fourth-order valence-corrected chi connectivity index (χ4v) is 3.94. The Bertz CT molecular complexity index is 333. The van der Waals surface area contributed by atoms with Crippen LogP contribution in [0.5, 0.6) is 0 Å². The number of hydrogen-bond acceptors (Lipinski definition) is 2. The van der Waals surface area contributed by atoms with Gasteiger partial charge in [-0.3, -0.25) is 4.79 Å². The van der Waals surface area contributed by atoms with E-state index in [1.165, 1.54) is 45.3 Å². The van der Waals surface area contributed by atoms with Gasteiger partial charge in [0.2, 0.25) is 5.91 Å². The summed E-state index contributed by atoms with van der Waals surface area (Å²) in [6, 6.07) is 0. The topological polar surface area (TPSA) is 23.6 Å². The molecule has 0 saturated carbocycles. The van der Waals surface area contributed by atoms with Gasteiger partial charge in [-0.2, -0.15) is 0 Å². The monoisotopic (exact) mass is 294 g/mol. The molecule has 2 saturated heterocycles. The minimum Gasteiger partial charge on any atom is -0.343 e. The highest BCUT2D eigenvalue weighted by Crippen LogP contribution is 2.41. The van der Waals surface area contributed by atoms with E-state index in [1.54, 1.807) is 0 Å². The van der Waals surface area contributed by atoms with Crippen LogP contribution < -0.4 is 0 Å². The molecular formula is C18H34N2O. The van der Waals surface area contributed by atoms with Crippen LogP contribution in [0.25, 0.3) is 0 Å². The van der Waals surface area contributed by atoms with E-state index in [0.29, 0.717) is 17.2 Å². The Morgan fingerprint density at radius 1 is 0.905 bits per heavy atom. The van der Waals surface area contributed by atoms with Crippen molar-refractivity contribution in [1.82, 2.24) is 9.80 Å². The van der Waals surface area contributed by atoms with Gasteiger partial charge in [-0.05, 0) is 56.0 Å². The van der Waals surface area contributed by atoms with Gasteiger partial charge in [-0.1, -0.05) is 27.7 Å². The minimum absolute atomic E-state index is 0.372. The first-order valence-corrected chi connectivity index (χ1v) is 8.90. The van der Waals surface area contributed by atoms with Crippen LogP contribution in [0.15, 0.2) is 0 Å². The van der Waals surface area contributed by atoms with Crippen LogP contribution in [-0.2, 0) is 4.79 Å². The Morgan fingerprint density at radius 2 is 1.43 bits per heavy atom. The molecule has 0 N–H and O–H groups in total. The Labute approximate surface area is 131 Å². The summed E-state index contributed by atoms with van der Waals surface area (Å²) < 4.78 is 0. The third kappa shape index (κ3) is 4.70. The van der Waals surface area contributed by atoms with Crippen LogP contribution in [0.1, 0.15) is 59.8 Å². The van der Waals surface area contributed by atoms with Crippen molar-refractivity contribution in [3.05, 3.63) is 0 Å². The van der Waals surface area contributed by atoms with E-state index in [0.717, 1.165) is 25.4 Å². The summed E-state index contributed by atoms with van der Waals surface area (Å²) in [7, 11) is 0. The van der Waals surface area contributed by atoms with E-state index in [4.69, 9.17) is 0 Å². The lowest BCUT2D eigenvalue weighted by Crippen LogP contribution is -2.48. The van der Waals surface area contributed by atoms with E-state index in [9.17, 15) is 4.79 Å². The summed E-state index contributed by atoms with van der Waals surface area (Å²) in [6.45, 7) is 14.6. The van der Waals surface area contributed by atoms with Gasteiger partial charge < -0.3 is 9.80 Å². The Balaban J connectivity index is 1.77. The molecule has 3 heteroatoms. The summed E-state index contributed by atoms with van der Waals surface area (Å²) in [6.07, 6.45) is 5.85. The Morgan fingerprint density at radius 3 is 1.90 bits per heavy atom. The number of amides is 1. The molecule has 2 heterocycles. The lowest BCUT2D eigenvalue weighted by atomic mass is 9.71. The van der Waals surface area contributed by atoms with Crippen molar-refractivity contribution >= 4 is 5.91 Å². The summed E-state index contributed by atoms with van der Waals surface area (Å²) >= 11 is 0. The molecule has 122 valence electrons. The van der Waals surface area contributed by atoms with Gasteiger partial charge in [0.25, 0.3) is 0 Å². The predicted octanol–water partition coefficient (Wildman–Crippen LogP) is 3.39. The van der Waals surface area contributed by atoms with Crippen molar-refractivity contribution in [2.45, 2.75) is 59.8 Å². The zero-order chi connectivity index (χ0) is 15.5. The number of hydrogen-bond donors (Lipinski definition) is 0. The van der Waals surface area contributed by atoms with Gasteiger partial charge in [0.1, 0.15) is 0 Å². The quantitative estimate of drug-likeness (QED) is 0.793. The molecule has 0 unspecified atom stereocenters. The molecule has 3 nitrogen and oxygen atoms in total. The third-order valence-corrected chi connectivity index (χ3v) is 5.30. The lowest BCUT2D eigenvalue weighted by Gasteiger charge is -2.47. The molecule has 2 fully saturated rings. The average molecular weight is 294 g/mol. The lowest BCUT2D eigenvalue weighted by molar-refractivity contribution is -0.134. The summed E-state index contributed by atoms with van der Waals surface area (Å²) in [4.78, 5) is 16.9. The second kappa shape index (κ2) is 7.13. The summed E-state index contributed by atoms with van der Waals surface area (Å²) in [5.74, 6) is 1.62. The summed E-state index contributed by atoms with van der Waals surface area (Å²) in [5.41, 5.74) is 0.544. The van der Waals surface area contributed by atoms with Crippen LogP contribution >= 0.6 is 0 Å². The maximum Gasteiger partial charge on any atom is 0.222 e. The Kier molecular flexibility index (Phi) is 5.70. The van der Waals surface area contributed by atoms with E-state index in [1.807, 2.05) is 0 Å². The van der Waals surface area contributed by atoms with Crippen molar-refractivity contribution in [3.8, 4) is 0 Å². The smallest absolute Gasteiger partial charge is 0.222 e. The van der Waals surface area contributed by atoms with Gasteiger partial charge in [0, 0.05) is 26.1 Å². The molecule has 2 aliphatic rings. The number of likely N-dealkylation sites (tertiary alicyclic amines) is 2. The Hall–Kier alpha value is -0.570. The van der Waals surface area contributed by atoms with E-state index >= 15 is 0 Å². The van der Waals surface area contributed by atoms with Gasteiger partial charge in [0.05, 0.1) is 0 Å². The highest BCUT2D eigenvalue weighted by molar-refractivity contribution is 5.76. The normalized spacial score (nSPS) is 23.2. The van der Waals surface area contributed by atoms with Crippen molar-refractivity contribution in [1.29, 1.82) is 0 Å². The molecule has 0 atom stereocenters. The standard InChI is InChI=1S/C18H34N2O/c1-15(2)13-17(21)20-11-7-18(8-12-20)5-9-19(10-6-18)14-16(3)4/h15-16H,5-14H2,1-4H3. The van der Waals surface area contributed by atoms with Gasteiger partial charge in [0.15, 0.2) is 0 Å². The van der Waals surface area contributed by atoms with Crippen molar-refractivity contribution < 1.29 is 4.79 Å². The van der Waals surface area contributed by atoms with Crippen LogP contribution in [-0.4, -0.2) is 48.4 Å². The molecular weight excluding hydrogens is 260 g/mol. The summed E-state index contributed by atoms with van der Waals surface area (Å²) in [5, 5.41) is 0. The molecule has 1 amide bonds. The fraction of sp³-hybridized carbons (Fsp3) is 0.944. The van der Waals surface area contributed by atoms with E-state index in [-0.39, 0.29) is 0 Å². The second-order valence-electron chi connectivity index (χ2n) is 8.17. The first kappa shape index (κ1) is 16.8. The van der Waals surface area contributed by atoms with Crippen LogP contribution in [0, 0.1) is 17.3 Å². The molecule has 0 bridgehead atoms. The molecule has 1 spiro atoms. The number of nitrogens with zero attached hydrogens (tertiary/aromatic N) is 2. The van der Waals surface area contributed by atoms with Crippen molar-refractivity contribution in [3.63, 3.8) is 0 Å². The number of rotatable bonds is 4. The first-order valence-electron chi connectivity index (χ1n) is 8.90. The maximum absolute atomic E-state index is 12.2. The third-order valence-electron chi connectivity index (χ3n) is 5.30. The van der Waals surface area contributed by atoms with Crippen molar-refractivity contribution in [2.75, 3.05) is 32.7 Å². The molecule has 0 radical (unpaired) electrons. The van der Waals surface area contributed by atoms with E-state index in [2.05, 4.69) is 37.5 Å². The highest BCUT2D eigenvalue weighted by atomic mass is 16.2. The fourth-order valence-electron chi connectivity index (χ4n) is 3.94. The molecule has 2 rings (SSSR count). The second-order valence-corrected chi connectivity index (χ2v) is 8.17. The zero-order valence-corrected chi connectivity index (χ0v) is 14.5. The molecule has 0 aromatic carbocycles. The van der Waals surface area contributed by atoms with Crippen molar-refractivity contribution in [2.24, 2.45) is 17.3 Å². The predicted molar refractivity (Wildman–Crippen MR) is 88.2 cm³/mol. The van der Waals surface area contributed by atoms with Crippen LogP contribution in [0.4, 0.5) is 0 Å². The van der Waals surface area contributed by atoms with Crippen LogP contribution in [0.3, 0.4) is 0 Å². The van der Waals surface area contributed by atoms with Gasteiger partial charge in [-0.25, -0.2) is 0 Å². The zero-order valence-electron chi connectivity index (χ0n) is 14.5. The number of piperidine rings is 2.